The smallest absolute Gasteiger partial charge is 0.0610 e. The number of hydrogen-bond acceptors (Lipinski definition) is 2. The molecule has 92 valence electrons. The van der Waals surface area contributed by atoms with E-state index < -0.39 is 0 Å². The van der Waals surface area contributed by atoms with Crippen LogP contribution < -0.4 is 5.73 Å². The maximum Gasteiger partial charge on any atom is 0.0610 e. The second kappa shape index (κ2) is 5.54. The first-order valence-corrected chi connectivity index (χ1v) is 6.22. The molecule has 1 heterocycles. The zero-order chi connectivity index (χ0) is 12.3. The van der Waals surface area contributed by atoms with Crippen molar-refractivity contribution in [3.63, 3.8) is 0 Å². The van der Waals surface area contributed by atoms with E-state index in [1.807, 2.05) is 22.8 Å². The van der Waals surface area contributed by atoms with Crippen LogP contribution in [0.4, 0.5) is 0 Å². The van der Waals surface area contributed by atoms with Gasteiger partial charge in [-0.3, -0.25) is 0 Å². The Bertz CT molecular complexity index is 507. The number of aliphatic hydroxyl groups excluding tert-OH is 1. The van der Waals surface area contributed by atoms with Crippen LogP contribution in [0.3, 0.4) is 0 Å². The second-order valence-corrected chi connectivity index (χ2v) is 4.56. The molecule has 1 aromatic heterocycles. The van der Waals surface area contributed by atoms with Gasteiger partial charge in [0, 0.05) is 28.7 Å². The number of halogens is 1. The molecule has 0 amide bonds. The van der Waals surface area contributed by atoms with Crippen LogP contribution in [0.25, 0.3) is 10.9 Å². The molecule has 0 unspecified atom stereocenters. The largest absolute Gasteiger partial charge is 0.395 e. The van der Waals surface area contributed by atoms with Crippen LogP contribution in [-0.2, 0) is 13.0 Å². The predicted octanol–water partition coefficient (Wildman–Crippen LogP) is 2.18. The molecule has 2 aromatic rings. The lowest BCUT2D eigenvalue weighted by Gasteiger charge is -2.01. The molecule has 0 aliphatic rings. The molecule has 0 spiro atoms. The molecular formula is C13H17ClN2O. The van der Waals surface area contributed by atoms with Gasteiger partial charge in [-0.05, 0) is 37.1 Å². The van der Waals surface area contributed by atoms with Gasteiger partial charge in [-0.1, -0.05) is 17.7 Å². The topological polar surface area (TPSA) is 51.2 Å². The molecular weight excluding hydrogens is 236 g/mol. The van der Waals surface area contributed by atoms with Crippen LogP contribution in [-0.4, -0.2) is 22.8 Å². The van der Waals surface area contributed by atoms with Gasteiger partial charge in [0.15, 0.2) is 0 Å². The molecule has 0 saturated carbocycles. The zero-order valence-corrected chi connectivity index (χ0v) is 10.5. The van der Waals surface area contributed by atoms with E-state index >= 15 is 0 Å². The summed E-state index contributed by atoms with van der Waals surface area (Å²) in [6.45, 7) is 1.42. The summed E-state index contributed by atoms with van der Waals surface area (Å²) >= 11 is 6.01. The first-order chi connectivity index (χ1) is 8.26. The first-order valence-electron chi connectivity index (χ1n) is 5.84. The number of nitrogens with two attached hydrogens (primary N) is 1. The van der Waals surface area contributed by atoms with E-state index in [1.54, 1.807) is 0 Å². The summed E-state index contributed by atoms with van der Waals surface area (Å²) < 4.78 is 2.05. The highest BCUT2D eigenvalue weighted by Crippen LogP contribution is 2.25. The normalized spacial score (nSPS) is 11.2. The van der Waals surface area contributed by atoms with E-state index in [0.717, 1.165) is 23.4 Å². The predicted molar refractivity (Wildman–Crippen MR) is 71.4 cm³/mol. The number of aliphatic hydroxyl groups is 1. The summed E-state index contributed by atoms with van der Waals surface area (Å²) in [5.41, 5.74) is 7.90. The summed E-state index contributed by atoms with van der Waals surface area (Å²) in [5.74, 6) is 0. The Labute approximate surface area is 106 Å². The van der Waals surface area contributed by atoms with Crippen molar-refractivity contribution in [3.05, 3.63) is 35.0 Å². The van der Waals surface area contributed by atoms with Crippen molar-refractivity contribution in [2.45, 2.75) is 19.4 Å². The summed E-state index contributed by atoms with van der Waals surface area (Å²) in [6, 6.07) is 5.88. The third-order valence-corrected chi connectivity index (χ3v) is 3.15. The average Bonchev–Trinajstić information content (AvgIpc) is 2.65. The number of rotatable bonds is 5. The van der Waals surface area contributed by atoms with Crippen molar-refractivity contribution in [2.75, 3.05) is 13.2 Å². The van der Waals surface area contributed by atoms with Gasteiger partial charge in [-0.15, -0.1) is 0 Å². The van der Waals surface area contributed by atoms with Crippen LogP contribution in [0.15, 0.2) is 24.4 Å². The van der Waals surface area contributed by atoms with E-state index in [0.29, 0.717) is 13.1 Å². The molecule has 3 N–H and O–H groups in total. The molecule has 0 radical (unpaired) electrons. The van der Waals surface area contributed by atoms with Crippen molar-refractivity contribution in [3.8, 4) is 0 Å². The fraction of sp³-hybridized carbons (Fsp3) is 0.385. The number of aryl methyl sites for hydroxylation is 1. The standard InChI is InChI=1S/C13H17ClN2O/c14-11-3-4-12-10(2-1-5-15)9-16(6-7-17)13(12)8-11/h3-4,8-9,17H,1-2,5-7,15H2. The van der Waals surface area contributed by atoms with Crippen LogP contribution >= 0.6 is 11.6 Å². The molecule has 3 nitrogen and oxygen atoms in total. The first kappa shape index (κ1) is 12.4. The third kappa shape index (κ3) is 2.63. The van der Waals surface area contributed by atoms with Crippen LogP contribution in [0, 0.1) is 0 Å². The Morgan fingerprint density at radius 1 is 1.35 bits per heavy atom. The molecule has 0 aliphatic heterocycles. The lowest BCUT2D eigenvalue weighted by atomic mass is 10.1. The fourth-order valence-electron chi connectivity index (χ4n) is 2.13. The van der Waals surface area contributed by atoms with Crippen molar-refractivity contribution in [1.29, 1.82) is 0 Å². The van der Waals surface area contributed by atoms with Gasteiger partial charge >= 0.3 is 0 Å². The molecule has 17 heavy (non-hydrogen) atoms. The Balaban J connectivity index is 2.46. The molecule has 0 bridgehead atoms. The third-order valence-electron chi connectivity index (χ3n) is 2.92. The minimum atomic E-state index is 0.132. The van der Waals surface area contributed by atoms with Crippen molar-refractivity contribution < 1.29 is 5.11 Å². The summed E-state index contributed by atoms with van der Waals surface area (Å²) in [6.07, 6.45) is 4.03. The summed E-state index contributed by atoms with van der Waals surface area (Å²) in [5, 5.41) is 11.0. The highest BCUT2D eigenvalue weighted by atomic mass is 35.5. The number of hydrogen-bond donors (Lipinski definition) is 2. The SMILES string of the molecule is NCCCc1cn(CCO)c2cc(Cl)ccc12. The Morgan fingerprint density at radius 2 is 2.18 bits per heavy atom. The molecule has 0 saturated heterocycles. The number of aromatic nitrogens is 1. The van der Waals surface area contributed by atoms with Gasteiger partial charge in [0.1, 0.15) is 0 Å². The Kier molecular flexibility index (Phi) is 4.05. The van der Waals surface area contributed by atoms with Gasteiger partial charge < -0.3 is 15.4 Å². The maximum absolute atomic E-state index is 9.06. The highest BCUT2D eigenvalue weighted by molar-refractivity contribution is 6.31. The van der Waals surface area contributed by atoms with E-state index in [2.05, 4.69) is 6.20 Å². The maximum atomic E-state index is 9.06. The van der Waals surface area contributed by atoms with Gasteiger partial charge in [-0.2, -0.15) is 0 Å². The monoisotopic (exact) mass is 252 g/mol. The molecule has 0 atom stereocenters. The lowest BCUT2D eigenvalue weighted by Crippen LogP contribution is -2.01. The fourth-order valence-corrected chi connectivity index (χ4v) is 2.29. The van der Waals surface area contributed by atoms with Gasteiger partial charge in [0.25, 0.3) is 0 Å². The summed E-state index contributed by atoms with van der Waals surface area (Å²) in [7, 11) is 0. The van der Waals surface area contributed by atoms with Crippen LogP contribution in [0.5, 0.6) is 0 Å². The van der Waals surface area contributed by atoms with Crippen LogP contribution in [0.1, 0.15) is 12.0 Å². The molecule has 0 aliphatic carbocycles. The minimum Gasteiger partial charge on any atom is -0.395 e. The Hall–Kier alpha value is -1.03. The van der Waals surface area contributed by atoms with Crippen molar-refractivity contribution in [2.24, 2.45) is 5.73 Å². The highest BCUT2D eigenvalue weighted by Gasteiger charge is 2.08. The van der Waals surface area contributed by atoms with E-state index in [9.17, 15) is 0 Å². The van der Waals surface area contributed by atoms with Gasteiger partial charge in [-0.25, -0.2) is 0 Å². The van der Waals surface area contributed by atoms with E-state index in [4.69, 9.17) is 22.4 Å². The van der Waals surface area contributed by atoms with Gasteiger partial charge in [0.2, 0.25) is 0 Å². The molecule has 2 rings (SSSR count). The molecule has 4 heteroatoms. The van der Waals surface area contributed by atoms with Gasteiger partial charge in [0.05, 0.1) is 6.61 Å². The lowest BCUT2D eigenvalue weighted by molar-refractivity contribution is 0.278. The summed E-state index contributed by atoms with van der Waals surface area (Å²) in [4.78, 5) is 0. The Morgan fingerprint density at radius 3 is 2.88 bits per heavy atom. The van der Waals surface area contributed by atoms with E-state index in [1.165, 1.54) is 10.9 Å². The van der Waals surface area contributed by atoms with E-state index in [-0.39, 0.29) is 6.61 Å². The number of benzene rings is 1. The van der Waals surface area contributed by atoms with Crippen LogP contribution in [0.2, 0.25) is 5.02 Å². The zero-order valence-electron chi connectivity index (χ0n) is 9.69. The number of nitrogens with zero attached hydrogens (tertiary/aromatic N) is 1. The minimum absolute atomic E-state index is 0.132. The average molecular weight is 253 g/mol. The van der Waals surface area contributed by atoms with Crippen molar-refractivity contribution in [1.82, 2.24) is 4.57 Å². The quantitative estimate of drug-likeness (QED) is 0.857. The number of fused-ring (bicyclic) bond motifs is 1. The van der Waals surface area contributed by atoms with Crippen molar-refractivity contribution >= 4 is 22.5 Å². The second-order valence-electron chi connectivity index (χ2n) is 4.13. The molecule has 1 aromatic carbocycles. The molecule has 0 fully saturated rings.